The van der Waals surface area contributed by atoms with Gasteiger partial charge in [0.1, 0.15) is 12.8 Å². The molecule has 0 saturated heterocycles. The van der Waals surface area contributed by atoms with Gasteiger partial charge >= 0.3 is 5.97 Å². The molecule has 0 saturated carbocycles. The first kappa shape index (κ1) is 24.3. The van der Waals surface area contributed by atoms with E-state index >= 15 is 0 Å². The van der Waals surface area contributed by atoms with E-state index in [1.807, 2.05) is 39.8 Å². The molecule has 186 valence electrons. The molecule has 1 aliphatic rings. The van der Waals surface area contributed by atoms with Crippen LogP contribution >= 0.6 is 0 Å². The smallest absolute Gasteiger partial charge is 0.339 e. The molecule has 4 aromatic rings. The molecule has 1 atom stereocenters. The van der Waals surface area contributed by atoms with E-state index in [-0.39, 0.29) is 12.6 Å². The summed E-state index contributed by atoms with van der Waals surface area (Å²) in [7, 11) is 2.06. The molecular weight excluding hydrogens is 450 g/mol. The monoisotopic (exact) mass is 484 g/mol. The first-order valence-corrected chi connectivity index (χ1v) is 12.6. The van der Waals surface area contributed by atoms with E-state index in [0.29, 0.717) is 6.61 Å². The Bertz CT molecular complexity index is 1470. The number of hydrogen-bond acceptors (Lipinski definition) is 4. The van der Waals surface area contributed by atoms with Crippen LogP contribution in [-0.2, 0) is 27.7 Å². The summed E-state index contributed by atoms with van der Waals surface area (Å²) in [5, 5.41) is 3.32. The Hall–Kier alpha value is -3.44. The fourth-order valence-electron chi connectivity index (χ4n) is 5.34. The van der Waals surface area contributed by atoms with Gasteiger partial charge in [-0.2, -0.15) is 0 Å². The summed E-state index contributed by atoms with van der Waals surface area (Å²) in [5.74, 6) is 0.528. The van der Waals surface area contributed by atoms with Crippen LogP contribution in [0.5, 0.6) is 5.75 Å². The molecule has 5 nitrogen and oxygen atoms in total. The van der Waals surface area contributed by atoms with Gasteiger partial charge in [-0.1, -0.05) is 30.3 Å². The van der Waals surface area contributed by atoms with Gasteiger partial charge in [0.2, 0.25) is 5.52 Å². The second-order valence-corrected chi connectivity index (χ2v) is 10.5. The van der Waals surface area contributed by atoms with E-state index in [1.165, 1.54) is 5.56 Å². The third kappa shape index (κ3) is 4.22. The highest BCUT2D eigenvalue weighted by atomic mass is 16.6. The molecule has 36 heavy (non-hydrogen) atoms. The lowest BCUT2D eigenvalue weighted by atomic mass is 9.85. The molecule has 0 fully saturated rings. The van der Waals surface area contributed by atoms with Crippen LogP contribution in [0.25, 0.3) is 32.8 Å². The Morgan fingerprint density at radius 3 is 2.67 bits per heavy atom. The molecule has 0 spiro atoms. The summed E-state index contributed by atoms with van der Waals surface area (Å²) in [6.45, 7) is 10.7. The van der Waals surface area contributed by atoms with Gasteiger partial charge in [-0.05, 0) is 68.7 Å². The highest BCUT2D eigenvalue weighted by Crippen LogP contribution is 2.44. The molecule has 1 aromatic heterocycles. The number of ether oxygens (including phenoxy) is 3. The minimum absolute atomic E-state index is 0.290. The number of nitrogens with zero attached hydrogens (tertiary/aromatic N) is 1. The lowest BCUT2D eigenvalue weighted by Crippen LogP contribution is -2.31. The van der Waals surface area contributed by atoms with Crippen molar-refractivity contribution in [2.75, 3.05) is 13.2 Å². The van der Waals surface area contributed by atoms with Gasteiger partial charge < -0.3 is 14.2 Å². The maximum absolute atomic E-state index is 13.4. The number of hydrogen-bond donors (Lipinski definition) is 0. The van der Waals surface area contributed by atoms with Gasteiger partial charge in [-0.3, -0.25) is 0 Å². The minimum Gasteiger partial charge on any atom is -0.492 e. The van der Waals surface area contributed by atoms with Crippen molar-refractivity contribution in [3.05, 3.63) is 71.4 Å². The number of carbonyl (C=O) groups excluding carboxylic acids is 1. The minimum atomic E-state index is -0.864. The van der Waals surface area contributed by atoms with Crippen molar-refractivity contribution in [1.82, 2.24) is 0 Å². The lowest BCUT2D eigenvalue weighted by molar-refractivity contribution is -0.644. The number of rotatable bonds is 5. The lowest BCUT2D eigenvalue weighted by Gasteiger charge is -2.29. The van der Waals surface area contributed by atoms with Gasteiger partial charge in [-0.15, -0.1) is 0 Å². The van der Waals surface area contributed by atoms with Crippen LogP contribution in [0.1, 0.15) is 50.5 Å². The molecule has 5 rings (SSSR count). The SMILES string of the molecule is CCOC(=O)[C@@H](OC(C)(C)C)c1c(C)cc2ccccc2c1-c1ccc2c3c(cc[n+](C)c13)CCO2. The van der Waals surface area contributed by atoms with E-state index < -0.39 is 11.7 Å². The Balaban J connectivity index is 1.91. The number of esters is 1. The maximum atomic E-state index is 13.4. The van der Waals surface area contributed by atoms with Crippen LogP contribution in [-0.4, -0.2) is 24.8 Å². The molecule has 1 aliphatic heterocycles. The molecule has 0 bridgehead atoms. The Kier molecular flexibility index (Phi) is 6.21. The number of benzene rings is 3. The number of aromatic nitrogens is 1. The summed E-state index contributed by atoms with van der Waals surface area (Å²) >= 11 is 0. The van der Waals surface area contributed by atoms with Crippen LogP contribution in [0.3, 0.4) is 0 Å². The Morgan fingerprint density at radius 2 is 1.92 bits per heavy atom. The van der Waals surface area contributed by atoms with E-state index in [4.69, 9.17) is 14.2 Å². The average Bonchev–Trinajstić information content (AvgIpc) is 2.84. The summed E-state index contributed by atoms with van der Waals surface area (Å²) in [6, 6.07) is 16.8. The van der Waals surface area contributed by atoms with Gasteiger partial charge in [0.15, 0.2) is 12.3 Å². The molecule has 0 radical (unpaired) electrons. The third-order valence-corrected chi connectivity index (χ3v) is 6.74. The Morgan fingerprint density at radius 1 is 1.14 bits per heavy atom. The fraction of sp³-hybridized carbons (Fsp3) is 0.355. The van der Waals surface area contributed by atoms with Gasteiger partial charge in [0.25, 0.3) is 0 Å². The van der Waals surface area contributed by atoms with Crippen LogP contribution in [0, 0.1) is 6.92 Å². The normalized spacial score (nSPS) is 14.1. The second-order valence-electron chi connectivity index (χ2n) is 10.5. The highest BCUT2D eigenvalue weighted by Gasteiger charge is 2.34. The summed E-state index contributed by atoms with van der Waals surface area (Å²) in [4.78, 5) is 13.4. The molecule has 0 N–H and O–H groups in total. The summed E-state index contributed by atoms with van der Waals surface area (Å²) in [5.41, 5.74) is 5.69. The number of aryl methyl sites for hydroxylation is 2. The second kappa shape index (κ2) is 9.21. The zero-order chi connectivity index (χ0) is 25.6. The average molecular weight is 485 g/mol. The topological polar surface area (TPSA) is 48.6 Å². The van der Waals surface area contributed by atoms with Crippen molar-refractivity contribution in [3.63, 3.8) is 0 Å². The molecule has 5 heteroatoms. The highest BCUT2D eigenvalue weighted by molar-refractivity contribution is 6.08. The molecule has 0 amide bonds. The van der Waals surface area contributed by atoms with E-state index in [2.05, 4.69) is 61.1 Å². The molecular formula is C31H34NO4+. The summed E-state index contributed by atoms with van der Waals surface area (Å²) < 4.78 is 20.2. The van der Waals surface area contributed by atoms with Crippen molar-refractivity contribution >= 4 is 27.6 Å². The molecule has 3 aromatic carbocycles. The van der Waals surface area contributed by atoms with Crippen LogP contribution in [0.15, 0.2) is 54.7 Å². The maximum Gasteiger partial charge on any atom is 0.339 e. The van der Waals surface area contributed by atoms with Crippen molar-refractivity contribution < 1.29 is 23.6 Å². The predicted molar refractivity (Wildman–Crippen MR) is 142 cm³/mol. The first-order valence-electron chi connectivity index (χ1n) is 12.6. The van der Waals surface area contributed by atoms with Gasteiger partial charge in [-0.25, -0.2) is 9.36 Å². The fourth-order valence-corrected chi connectivity index (χ4v) is 5.34. The van der Waals surface area contributed by atoms with Crippen molar-refractivity contribution in [2.24, 2.45) is 7.05 Å². The van der Waals surface area contributed by atoms with Crippen LogP contribution in [0.2, 0.25) is 0 Å². The third-order valence-electron chi connectivity index (χ3n) is 6.74. The van der Waals surface area contributed by atoms with Crippen LogP contribution < -0.4 is 9.30 Å². The molecule has 0 unspecified atom stereocenters. The van der Waals surface area contributed by atoms with Crippen molar-refractivity contribution in [3.8, 4) is 16.9 Å². The van der Waals surface area contributed by atoms with Gasteiger partial charge in [0, 0.05) is 23.6 Å². The zero-order valence-electron chi connectivity index (χ0n) is 22.0. The van der Waals surface area contributed by atoms with Gasteiger partial charge in [0.05, 0.1) is 29.8 Å². The van der Waals surface area contributed by atoms with E-state index in [0.717, 1.165) is 56.1 Å². The van der Waals surface area contributed by atoms with Crippen LogP contribution in [0.4, 0.5) is 0 Å². The molecule has 2 heterocycles. The standard InChI is InChI=1S/C31H34NO4/c1-7-34-30(33)29(36-31(3,4)5)25-19(2)18-21-10-8-9-11-22(21)27(25)23-12-13-24-26-20(15-17-35-24)14-16-32(6)28(23)26/h8-14,16,18,29H,7,15,17H2,1-6H3/q+1/t29-/m0/s1. The predicted octanol–water partition coefficient (Wildman–Crippen LogP) is 6.15. The summed E-state index contributed by atoms with van der Waals surface area (Å²) in [6.07, 6.45) is 2.12. The first-order chi connectivity index (χ1) is 17.2. The quantitative estimate of drug-likeness (QED) is 0.252. The van der Waals surface area contributed by atoms with E-state index in [9.17, 15) is 4.79 Å². The largest absolute Gasteiger partial charge is 0.492 e. The zero-order valence-corrected chi connectivity index (χ0v) is 22.0. The molecule has 0 aliphatic carbocycles. The number of carbonyl (C=O) groups is 1. The van der Waals surface area contributed by atoms with Crippen molar-refractivity contribution in [2.45, 2.75) is 52.7 Å². The number of fused-ring (bicyclic) bond motifs is 1. The Labute approximate surface area is 212 Å². The van der Waals surface area contributed by atoms with E-state index in [1.54, 1.807) is 0 Å². The number of pyridine rings is 1. The van der Waals surface area contributed by atoms with Crippen molar-refractivity contribution in [1.29, 1.82) is 0 Å².